The van der Waals surface area contributed by atoms with E-state index in [1.165, 1.54) is 12.1 Å². The van der Waals surface area contributed by atoms with Gasteiger partial charge < -0.3 is 15.7 Å². The molecule has 0 fully saturated rings. The Bertz CT molecular complexity index is 488. The molecule has 1 aromatic rings. The molecule has 2 amide bonds. The molecule has 5 nitrogen and oxygen atoms in total. The third-order valence-electron chi connectivity index (χ3n) is 2.11. The van der Waals surface area contributed by atoms with Crippen LogP contribution in [-0.4, -0.2) is 23.1 Å². The number of nitrogens with one attached hydrogen (secondary N) is 2. The number of hydrogen-bond acceptors (Lipinski definition) is 2. The number of hydrogen-bond donors (Lipinski definition) is 3. The molecule has 0 spiro atoms. The molecule has 0 heterocycles. The zero-order chi connectivity index (χ0) is 13.7. The van der Waals surface area contributed by atoms with Gasteiger partial charge in [0, 0.05) is 16.2 Å². The van der Waals surface area contributed by atoms with Gasteiger partial charge in [-0.25, -0.2) is 9.59 Å². The highest BCUT2D eigenvalue weighted by molar-refractivity contribution is 9.10. The highest BCUT2D eigenvalue weighted by atomic mass is 79.9. The van der Waals surface area contributed by atoms with E-state index in [0.717, 1.165) is 0 Å². The number of carbonyl (C=O) groups excluding carboxylic acids is 1. The molecular weight excluding hydrogens is 300 g/mol. The van der Waals surface area contributed by atoms with E-state index in [0.29, 0.717) is 10.2 Å². The van der Waals surface area contributed by atoms with E-state index in [1.54, 1.807) is 19.1 Å². The van der Waals surface area contributed by atoms with Gasteiger partial charge in [-0.05, 0) is 25.1 Å². The number of rotatable bonds is 4. The quantitative estimate of drug-likeness (QED) is 0.748. The van der Waals surface area contributed by atoms with E-state index < -0.39 is 12.0 Å². The van der Waals surface area contributed by atoms with Crippen molar-refractivity contribution in [2.45, 2.75) is 13.0 Å². The van der Waals surface area contributed by atoms with E-state index in [2.05, 4.69) is 33.1 Å². The van der Waals surface area contributed by atoms with Gasteiger partial charge in [0.15, 0.2) is 0 Å². The third kappa shape index (κ3) is 4.21. The average molecular weight is 313 g/mol. The van der Waals surface area contributed by atoms with Gasteiger partial charge in [0.1, 0.15) is 0 Å². The van der Waals surface area contributed by atoms with Gasteiger partial charge in [0.25, 0.3) is 0 Å². The summed E-state index contributed by atoms with van der Waals surface area (Å²) in [6.07, 6.45) is 1.59. The molecule has 0 aliphatic carbocycles. The summed E-state index contributed by atoms with van der Waals surface area (Å²) >= 11 is 3.18. The molecule has 96 valence electrons. The fourth-order valence-electron chi connectivity index (χ4n) is 1.22. The lowest BCUT2D eigenvalue weighted by Crippen LogP contribution is -2.34. The summed E-state index contributed by atoms with van der Waals surface area (Å²) in [5.41, 5.74) is 0.493. The minimum Gasteiger partial charge on any atom is -0.478 e. The van der Waals surface area contributed by atoms with Crippen LogP contribution in [0.5, 0.6) is 0 Å². The Morgan fingerprint density at radius 2 is 2.11 bits per heavy atom. The van der Waals surface area contributed by atoms with Crippen molar-refractivity contribution >= 4 is 33.6 Å². The molecule has 1 atom stereocenters. The number of amides is 2. The van der Waals surface area contributed by atoms with Crippen molar-refractivity contribution in [3.63, 3.8) is 0 Å². The van der Waals surface area contributed by atoms with E-state index in [1.807, 2.05) is 0 Å². The molecule has 1 aromatic carbocycles. The zero-order valence-corrected chi connectivity index (χ0v) is 11.3. The maximum absolute atomic E-state index is 11.5. The molecule has 1 rings (SSSR count). The molecular formula is C12H13BrN2O3. The largest absolute Gasteiger partial charge is 0.478 e. The second kappa shape index (κ2) is 6.20. The predicted octanol–water partition coefficient (Wildman–Crippen LogP) is 2.84. The SMILES string of the molecule is C=CC(C)NC(=O)Nc1cc(Br)cc(C(=O)O)c1. The Morgan fingerprint density at radius 1 is 1.44 bits per heavy atom. The van der Waals surface area contributed by atoms with Crippen LogP contribution in [0.2, 0.25) is 0 Å². The Labute approximate surface area is 113 Å². The Hall–Kier alpha value is -1.82. The molecule has 0 aromatic heterocycles. The zero-order valence-electron chi connectivity index (χ0n) is 9.74. The molecule has 0 saturated heterocycles. The first kappa shape index (κ1) is 14.2. The maximum Gasteiger partial charge on any atom is 0.335 e. The normalized spacial score (nSPS) is 11.4. The van der Waals surface area contributed by atoms with Gasteiger partial charge in [0.2, 0.25) is 0 Å². The second-order valence-corrected chi connectivity index (χ2v) is 4.57. The first-order chi connectivity index (χ1) is 8.42. The molecule has 0 radical (unpaired) electrons. The summed E-state index contributed by atoms with van der Waals surface area (Å²) < 4.78 is 0.578. The van der Waals surface area contributed by atoms with Crippen molar-refractivity contribution in [3.05, 3.63) is 40.9 Å². The number of halogens is 1. The molecule has 0 bridgehead atoms. The van der Waals surface area contributed by atoms with Crippen molar-refractivity contribution in [3.8, 4) is 0 Å². The van der Waals surface area contributed by atoms with Crippen LogP contribution in [0.1, 0.15) is 17.3 Å². The summed E-state index contributed by atoms with van der Waals surface area (Å²) in [6.45, 7) is 5.32. The lowest BCUT2D eigenvalue weighted by atomic mass is 10.2. The van der Waals surface area contributed by atoms with Crippen LogP contribution in [0.25, 0.3) is 0 Å². The van der Waals surface area contributed by atoms with Crippen LogP contribution >= 0.6 is 15.9 Å². The van der Waals surface area contributed by atoms with E-state index in [-0.39, 0.29) is 11.6 Å². The predicted molar refractivity (Wildman–Crippen MR) is 72.9 cm³/mol. The lowest BCUT2D eigenvalue weighted by Gasteiger charge is -2.11. The van der Waals surface area contributed by atoms with Crippen LogP contribution < -0.4 is 10.6 Å². The summed E-state index contributed by atoms with van der Waals surface area (Å²) in [4.78, 5) is 22.4. The topological polar surface area (TPSA) is 78.4 Å². The second-order valence-electron chi connectivity index (χ2n) is 3.66. The van der Waals surface area contributed by atoms with Crippen molar-refractivity contribution in [2.75, 3.05) is 5.32 Å². The Kier molecular flexibility index (Phi) is 4.91. The fraction of sp³-hybridized carbons (Fsp3) is 0.167. The number of carboxylic acid groups (broad SMARTS) is 1. The summed E-state index contributed by atoms with van der Waals surface area (Å²) in [5, 5.41) is 14.1. The van der Waals surface area contributed by atoms with Crippen LogP contribution in [0.15, 0.2) is 35.3 Å². The lowest BCUT2D eigenvalue weighted by molar-refractivity contribution is 0.0697. The van der Waals surface area contributed by atoms with Crippen LogP contribution in [0, 0.1) is 0 Å². The minimum absolute atomic E-state index is 0.0939. The van der Waals surface area contributed by atoms with Crippen molar-refractivity contribution in [1.29, 1.82) is 0 Å². The number of anilines is 1. The number of urea groups is 1. The highest BCUT2D eigenvalue weighted by Gasteiger charge is 2.09. The molecule has 0 aliphatic rings. The third-order valence-corrected chi connectivity index (χ3v) is 2.57. The fourth-order valence-corrected chi connectivity index (χ4v) is 1.71. The smallest absolute Gasteiger partial charge is 0.335 e. The maximum atomic E-state index is 11.5. The van der Waals surface area contributed by atoms with Crippen LogP contribution in [0.3, 0.4) is 0 Å². The highest BCUT2D eigenvalue weighted by Crippen LogP contribution is 2.19. The molecule has 3 N–H and O–H groups in total. The van der Waals surface area contributed by atoms with Gasteiger partial charge in [-0.2, -0.15) is 0 Å². The summed E-state index contributed by atoms with van der Waals surface area (Å²) in [6, 6.07) is 3.86. The molecule has 1 unspecified atom stereocenters. The van der Waals surface area contributed by atoms with Crippen molar-refractivity contribution in [1.82, 2.24) is 5.32 Å². The van der Waals surface area contributed by atoms with Gasteiger partial charge in [-0.3, -0.25) is 0 Å². The Balaban J connectivity index is 2.81. The number of carboxylic acids is 1. The number of carbonyl (C=O) groups is 2. The molecule has 6 heteroatoms. The average Bonchev–Trinajstić information content (AvgIpc) is 2.27. The number of aromatic carboxylic acids is 1. The van der Waals surface area contributed by atoms with Crippen LogP contribution in [0.4, 0.5) is 10.5 Å². The van der Waals surface area contributed by atoms with Gasteiger partial charge in [0.05, 0.1) is 5.56 Å². The monoisotopic (exact) mass is 312 g/mol. The van der Waals surface area contributed by atoms with Crippen molar-refractivity contribution in [2.24, 2.45) is 0 Å². The number of benzene rings is 1. The van der Waals surface area contributed by atoms with E-state index in [9.17, 15) is 9.59 Å². The molecule has 0 aliphatic heterocycles. The minimum atomic E-state index is -1.06. The first-order valence-electron chi connectivity index (χ1n) is 5.16. The van der Waals surface area contributed by atoms with Gasteiger partial charge in [-0.15, -0.1) is 6.58 Å². The van der Waals surface area contributed by atoms with Gasteiger partial charge in [-0.1, -0.05) is 22.0 Å². The van der Waals surface area contributed by atoms with Gasteiger partial charge >= 0.3 is 12.0 Å². The van der Waals surface area contributed by atoms with E-state index in [4.69, 9.17) is 5.11 Å². The van der Waals surface area contributed by atoms with Crippen molar-refractivity contribution < 1.29 is 14.7 Å². The van der Waals surface area contributed by atoms with Crippen LogP contribution in [-0.2, 0) is 0 Å². The molecule has 0 saturated carbocycles. The standard InChI is InChI=1S/C12H13BrN2O3/c1-3-7(2)14-12(18)15-10-5-8(11(16)17)4-9(13)6-10/h3-7H,1H2,2H3,(H,16,17)(H2,14,15,18). The molecule has 18 heavy (non-hydrogen) atoms. The Morgan fingerprint density at radius 3 is 2.67 bits per heavy atom. The summed E-state index contributed by atoms with van der Waals surface area (Å²) in [5.74, 6) is -1.06. The van der Waals surface area contributed by atoms with E-state index >= 15 is 0 Å². The summed E-state index contributed by atoms with van der Waals surface area (Å²) in [7, 11) is 0. The first-order valence-corrected chi connectivity index (χ1v) is 5.95.